The largest absolute Gasteiger partial charge is 0.280 e. The van der Waals surface area contributed by atoms with Gasteiger partial charge in [0.25, 0.3) is 6.43 Å². The number of rotatable bonds is 2. The molecule has 0 amide bonds. The third kappa shape index (κ3) is 2.39. The number of fused-ring (bicyclic) bond motifs is 1. The van der Waals surface area contributed by atoms with Gasteiger partial charge in [-0.15, -0.1) is 0 Å². The highest BCUT2D eigenvalue weighted by Gasteiger charge is 2.18. The molecule has 0 aliphatic rings. The number of nitrogens with zero attached hydrogens (tertiary/aromatic N) is 4. The number of hydrogen-bond acceptors (Lipinski definition) is 3. The second-order valence-corrected chi connectivity index (χ2v) is 5.22. The van der Waals surface area contributed by atoms with E-state index in [0.29, 0.717) is 10.6 Å². The van der Waals surface area contributed by atoms with E-state index in [1.54, 1.807) is 12.1 Å². The molecule has 0 aliphatic heterocycles. The summed E-state index contributed by atoms with van der Waals surface area (Å²) in [5.74, 6) is 0. The second-order valence-electron chi connectivity index (χ2n) is 4.40. The highest BCUT2D eigenvalue weighted by atomic mass is 35.5. The quantitative estimate of drug-likeness (QED) is 0.690. The van der Waals surface area contributed by atoms with Crippen molar-refractivity contribution >= 4 is 28.8 Å². The predicted molar refractivity (Wildman–Crippen MR) is 78.1 cm³/mol. The lowest BCUT2D eigenvalue weighted by molar-refractivity contribution is 0.143. The Hall–Kier alpha value is -2.23. The summed E-state index contributed by atoms with van der Waals surface area (Å²) in [5.41, 5.74) is 0.611. The first-order valence-corrected chi connectivity index (χ1v) is 6.79. The highest BCUT2D eigenvalue weighted by Crippen LogP contribution is 2.30. The molecule has 0 aliphatic carbocycles. The van der Waals surface area contributed by atoms with Crippen molar-refractivity contribution in [3.63, 3.8) is 0 Å². The van der Waals surface area contributed by atoms with Gasteiger partial charge in [-0.2, -0.15) is 10.4 Å². The van der Waals surface area contributed by atoms with Crippen molar-refractivity contribution in [2.24, 2.45) is 0 Å². The van der Waals surface area contributed by atoms with E-state index in [1.165, 1.54) is 18.3 Å². The van der Waals surface area contributed by atoms with Crippen LogP contribution in [0, 0.1) is 11.3 Å². The van der Waals surface area contributed by atoms with E-state index in [2.05, 4.69) is 10.1 Å². The number of aromatic nitrogens is 3. The van der Waals surface area contributed by atoms with Crippen molar-refractivity contribution < 1.29 is 8.78 Å². The minimum atomic E-state index is -2.77. The number of halogens is 4. The summed E-state index contributed by atoms with van der Waals surface area (Å²) in [7, 11) is 0. The predicted octanol–water partition coefficient (Wildman–Crippen LogP) is 4.51. The van der Waals surface area contributed by atoms with Crippen LogP contribution in [0.4, 0.5) is 8.78 Å². The van der Waals surface area contributed by atoms with Crippen LogP contribution >= 0.6 is 23.2 Å². The molecule has 3 rings (SSSR count). The number of benzene rings is 1. The summed E-state index contributed by atoms with van der Waals surface area (Å²) in [6.07, 6.45) is -1.56. The highest BCUT2D eigenvalue weighted by molar-refractivity contribution is 6.42. The molecule has 8 heteroatoms. The molecule has 22 heavy (non-hydrogen) atoms. The van der Waals surface area contributed by atoms with Crippen LogP contribution in [0.1, 0.15) is 17.7 Å². The van der Waals surface area contributed by atoms with Crippen molar-refractivity contribution in [3.8, 4) is 17.3 Å². The molecule has 0 atom stereocenters. The smallest absolute Gasteiger partial charge is 0.227 e. The van der Waals surface area contributed by atoms with Gasteiger partial charge < -0.3 is 0 Å². The Labute approximate surface area is 133 Å². The van der Waals surface area contributed by atoms with E-state index >= 15 is 0 Å². The molecule has 0 unspecified atom stereocenters. The van der Waals surface area contributed by atoms with Crippen molar-refractivity contribution in [1.82, 2.24) is 14.6 Å². The first-order chi connectivity index (χ1) is 10.5. The van der Waals surface area contributed by atoms with Gasteiger partial charge in [0.15, 0.2) is 5.65 Å². The molecule has 2 aromatic heterocycles. The summed E-state index contributed by atoms with van der Waals surface area (Å²) in [4.78, 5) is 4.23. The standard InChI is InChI=1S/C14H6Cl2F2N4/c15-9-2-1-7(3-10(9)16)11-4-12(13(17)18)22-14(21-11)8(5-19)6-20-22/h1-4,6,13H. The van der Waals surface area contributed by atoms with Crippen LogP contribution in [0.2, 0.25) is 10.0 Å². The molecular weight excluding hydrogens is 333 g/mol. The Bertz CT molecular complexity index is 915. The van der Waals surface area contributed by atoms with E-state index in [9.17, 15) is 8.78 Å². The van der Waals surface area contributed by atoms with E-state index < -0.39 is 6.43 Å². The van der Waals surface area contributed by atoms with Crippen LogP contribution in [0.25, 0.3) is 16.9 Å². The molecule has 0 bridgehead atoms. The molecule has 0 saturated heterocycles. The maximum Gasteiger partial charge on any atom is 0.280 e. The summed E-state index contributed by atoms with van der Waals surface area (Å²) >= 11 is 11.8. The lowest BCUT2D eigenvalue weighted by Gasteiger charge is -2.08. The van der Waals surface area contributed by atoms with E-state index in [4.69, 9.17) is 28.5 Å². The van der Waals surface area contributed by atoms with Crippen molar-refractivity contribution in [2.75, 3.05) is 0 Å². The Morgan fingerprint density at radius 2 is 1.95 bits per heavy atom. The fourth-order valence-corrected chi connectivity index (χ4v) is 2.32. The van der Waals surface area contributed by atoms with Gasteiger partial charge in [0.05, 0.1) is 21.9 Å². The fourth-order valence-electron chi connectivity index (χ4n) is 2.02. The van der Waals surface area contributed by atoms with E-state index in [0.717, 1.165) is 4.52 Å². The summed E-state index contributed by atoms with van der Waals surface area (Å²) in [5, 5.41) is 13.4. The van der Waals surface area contributed by atoms with Crippen LogP contribution in [0.15, 0.2) is 30.5 Å². The maximum atomic E-state index is 13.2. The lowest BCUT2D eigenvalue weighted by atomic mass is 10.1. The normalized spacial score (nSPS) is 11.1. The average Bonchev–Trinajstić information content (AvgIpc) is 2.91. The first-order valence-electron chi connectivity index (χ1n) is 6.03. The minimum absolute atomic E-state index is 0.0707. The summed E-state index contributed by atoms with van der Waals surface area (Å²) in [6.45, 7) is 0. The molecule has 2 heterocycles. The lowest BCUT2D eigenvalue weighted by Crippen LogP contribution is -2.02. The Balaban J connectivity index is 2.30. The minimum Gasteiger partial charge on any atom is -0.227 e. The third-order valence-corrected chi connectivity index (χ3v) is 3.80. The van der Waals surface area contributed by atoms with Gasteiger partial charge in [0, 0.05) is 5.56 Å². The topological polar surface area (TPSA) is 54.0 Å². The van der Waals surface area contributed by atoms with Gasteiger partial charge in [0.2, 0.25) is 0 Å². The van der Waals surface area contributed by atoms with Crippen LogP contribution in [-0.4, -0.2) is 14.6 Å². The molecule has 0 N–H and O–H groups in total. The number of alkyl halides is 2. The molecular formula is C14H6Cl2F2N4. The van der Waals surface area contributed by atoms with E-state index in [-0.39, 0.29) is 27.6 Å². The zero-order chi connectivity index (χ0) is 15.9. The number of hydrogen-bond donors (Lipinski definition) is 0. The zero-order valence-electron chi connectivity index (χ0n) is 10.8. The first kappa shape index (κ1) is 14.7. The Morgan fingerprint density at radius 1 is 1.18 bits per heavy atom. The van der Waals surface area contributed by atoms with Gasteiger partial charge in [-0.25, -0.2) is 18.3 Å². The van der Waals surface area contributed by atoms with Gasteiger partial charge in [-0.3, -0.25) is 0 Å². The van der Waals surface area contributed by atoms with Crippen LogP contribution in [-0.2, 0) is 0 Å². The maximum absolute atomic E-state index is 13.2. The molecule has 3 aromatic rings. The molecule has 4 nitrogen and oxygen atoms in total. The van der Waals surface area contributed by atoms with Gasteiger partial charge >= 0.3 is 0 Å². The monoisotopic (exact) mass is 338 g/mol. The van der Waals surface area contributed by atoms with Gasteiger partial charge in [0.1, 0.15) is 17.3 Å². The average molecular weight is 339 g/mol. The SMILES string of the molecule is N#Cc1cnn2c(C(F)F)cc(-c3ccc(Cl)c(Cl)c3)nc12. The van der Waals surface area contributed by atoms with Crippen LogP contribution < -0.4 is 0 Å². The van der Waals surface area contributed by atoms with Crippen molar-refractivity contribution in [1.29, 1.82) is 5.26 Å². The molecule has 0 saturated carbocycles. The molecule has 110 valence electrons. The number of nitriles is 1. The van der Waals surface area contributed by atoms with Gasteiger partial charge in [-0.1, -0.05) is 29.3 Å². The van der Waals surface area contributed by atoms with Crippen LogP contribution in [0.3, 0.4) is 0 Å². The molecule has 0 spiro atoms. The molecule has 0 radical (unpaired) electrons. The van der Waals surface area contributed by atoms with Crippen molar-refractivity contribution in [2.45, 2.75) is 6.43 Å². The van der Waals surface area contributed by atoms with Crippen molar-refractivity contribution in [3.05, 3.63) is 51.8 Å². The fraction of sp³-hybridized carbons (Fsp3) is 0.0714. The van der Waals surface area contributed by atoms with E-state index in [1.807, 2.05) is 6.07 Å². The zero-order valence-corrected chi connectivity index (χ0v) is 12.3. The summed E-state index contributed by atoms with van der Waals surface area (Å²) < 4.78 is 27.4. The molecule has 0 fully saturated rings. The Morgan fingerprint density at radius 3 is 2.59 bits per heavy atom. The molecule has 1 aromatic carbocycles. The summed E-state index contributed by atoms with van der Waals surface area (Å²) in [6, 6.07) is 7.79. The van der Waals surface area contributed by atoms with Crippen LogP contribution in [0.5, 0.6) is 0 Å². The Kier molecular flexibility index (Phi) is 3.69. The van der Waals surface area contributed by atoms with Gasteiger partial charge in [-0.05, 0) is 18.2 Å². The third-order valence-electron chi connectivity index (χ3n) is 3.06. The second kappa shape index (κ2) is 5.52.